The average molecular weight is 311 g/mol. The summed E-state index contributed by atoms with van der Waals surface area (Å²) in [6, 6.07) is 1.24. The molecule has 1 aromatic rings. The summed E-state index contributed by atoms with van der Waals surface area (Å²) in [7, 11) is 0. The highest BCUT2D eigenvalue weighted by Gasteiger charge is 2.30. The molecule has 4 nitrogen and oxygen atoms in total. The fraction of sp³-hybridized carbons (Fsp3) is 0.600. The lowest BCUT2D eigenvalue weighted by Crippen LogP contribution is -2.37. The van der Waals surface area contributed by atoms with E-state index in [2.05, 4.69) is 22.5 Å². The lowest BCUT2D eigenvalue weighted by molar-refractivity contribution is 0.0950. The molecule has 6 heteroatoms. The fourth-order valence-corrected chi connectivity index (χ4v) is 3.58. The van der Waals surface area contributed by atoms with E-state index >= 15 is 0 Å². The minimum atomic E-state index is -0.497. The second-order valence-corrected chi connectivity index (χ2v) is 7.24. The number of nitrogens with one attached hydrogen (secondary N) is 2. The van der Waals surface area contributed by atoms with Crippen molar-refractivity contribution in [2.45, 2.75) is 37.9 Å². The predicted molar refractivity (Wildman–Crippen MR) is 85.4 cm³/mol. The van der Waals surface area contributed by atoms with Gasteiger partial charge in [-0.1, -0.05) is 6.92 Å². The molecule has 0 spiro atoms. The topological polar surface area (TPSA) is 54.0 Å². The molecular weight excluding hydrogens is 289 g/mol. The minimum Gasteiger partial charge on any atom is -0.369 e. The smallest absolute Gasteiger partial charge is 0.255 e. The first-order chi connectivity index (χ1) is 10.0. The summed E-state index contributed by atoms with van der Waals surface area (Å²) in [5, 5.41) is 5.98. The molecule has 0 aliphatic carbocycles. The molecule has 1 fully saturated rings. The van der Waals surface area contributed by atoms with Gasteiger partial charge in [-0.3, -0.25) is 4.79 Å². The number of amides is 1. The first-order valence-electron chi connectivity index (χ1n) is 7.36. The second kappa shape index (κ2) is 7.11. The minimum absolute atomic E-state index is 0.0907. The standard InChI is InChI=1S/C15H22FN3OS/c1-3-6-17-13-12(8-11(16)9-18-13)14(20)19-10-15(2)5-4-7-21-15/h8-9H,3-7,10H2,1-2H3,(H,17,18)(H,19,20). The van der Waals surface area contributed by atoms with E-state index in [0.29, 0.717) is 18.9 Å². The van der Waals surface area contributed by atoms with Gasteiger partial charge in [0.1, 0.15) is 11.6 Å². The van der Waals surface area contributed by atoms with Crippen LogP contribution in [0, 0.1) is 5.82 Å². The van der Waals surface area contributed by atoms with Crippen molar-refractivity contribution in [1.29, 1.82) is 0 Å². The molecule has 1 atom stereocenters. The van der Waals surface area contributed by atoms with Gasteiger partial charge in [0, 0.05) is 17.8 Å². The maximum Gasteiger partial charge on any atom is 0.255 e. The summed E-state index contributed by atoms with van der Waals surface area (Å²) < 4.78 is 13.5. The van der Waals surface area contributed by atoms with Gasteiger partial charge < -0.3 is 10.6 Å². The van der Waals surface area contributed by atoms with Gasteiger partial charge >= 0.3 is 0 Å². The van der Waals surface area contributed by atoms with Crippen LogP contribution in [0.4, 0.5) is 10.2 Å². The number of rotatable bonds is 6. The molecule has 1 aromatic heterocycles. The number of hydrogen-bond acceptors (Lipinski definition) is 4. The largest absolute Gasteiger partial charge is 0.369 e. The SMILES string of the molecule is CCCNc1ncc(F)cc1C(=O)NCC1(C)CCCS1. The highest BCUT2D eigenvalue weighted by molar-refractivity contribution is 8.00. The number of pyridine rings is 1. The van der Waals surface area contributed by atoms with Crippen molar-refractivity contribution in [2.75, 3.05) is 24.2 Å². The summed E-state index contributed by atoms with van der Waals surface area (Å²) in [6.07, 6.45) is 4.32. The summed E-state index contributed by atoms with van der Waals surface area (Å²) in [6.45, 7) is 5.48. The van der Waals surface area contributed by atoms with Crippen LogP contribution in [0.5, 0.6) is 0 Å². The molecule has 1 aliphatic heterocycles. The van der Waals surface area contributed by atoms with Gasteiger partial charge in [-0.05, 0) is 38.0 Å². The van der Waals surface area contributed by atoms with Crippen molar-refractivity contribution >= 4 is 23.5 Å². The highest BCUT2D eigenvalue weighted by atomic mass is 32.2. The number of aromatic nitrogens is 1. The molecule has 1 unspecified atom stereocenters. The number of carbonyl (C=O) groups is 1. The maximum absolute atomic E-state index is 13.4. The van der Waals surface area contributed by atoms with Crippen LogP contribution in [0.3, 0.4) is 0 Å². The second-order valence-electron chi connectivity index (χ2n) is 5.56. The molecule has 1 saturated heterocycles. The Morgan fingerprint density at radius 1 is 1.57 bits per heavy atom. The predicted octanol–water partition coefficient (Wildman–Crippen LogP) is 3.06. The number of carbonyl (C=O) groups excluding carboxylic acids is 1. The molecule has 2 N–H and O–H groups in total. The van der Waals surface area contributed by atoms with Gasteiger partial charge in [0.05, 0.1) is 11.8 Å². The van der Waals surface area contributed by atoms with Crippen LogP contribution in [-0.4, -0.2) is 34.5 Å². The molecule has 2 rings (SSSR count). The lowest BCUT2D eigenvalue weighted by Gasteiger charge is -2.23. The highest BCUT2D eigenvalue weighted by Crippen LogP contribution is 2.37. The Kier molecular flexibility index (Phi) is 5.45. The van der Waals surface area contributed by atoms with Crippen LogP contribution in [-0.2, 0) is 0 Å². The Morgan fingerprint density at radius 3 is 3.05 bits per heavy atom. The summed E-state index contributed by atoms with van der Waals surface area (Å²) in [5.74, 6) is 0.815. The van der Waals surface area contributed by atoms with Crippen LogP contribution >= 0.6 is 11.8 Å². The summed E-state index contributed by atoms with van der Waals surface area (Å²) in [4.78, 5) is 16.3. The maximum atomic E-state index is 13.4. The van der Waals surface area contributed by atoms with Crippen LogP contribution in [0.25, 0.3) is 0 Å². The van der Waals surface area contributed by atoms with Gasteiger partial charge in [0.2, 0.25) is 0 Å². The Balaban J connectivity index is 2.04. The number of halogens is 1. The van der Waals surface area contributed by atoms with E-state index in [0.717, 1.165) is 24.8 Å². The number of hydrogen-bond donors (Lipinski definition) is 2. The fourth-order valence-electron chi connectivity index (χ4n) is 2.34. The number of anilines is 1. The van der Waals surface area contributed by atoms with Crippen molar-refractivity contribution in [2.24, 2.45) is 0 Å². The molecule has 0 radical (unpaired) electrons. The number of nitrogens with zero attached hydrogens (tertiary/aromatic N) is 1. The van der Waals surface area contributed by atoms with Gasteiger partial charge in [-0.25, -0.2) is 9.37 Å². The van der Waals surface area contributed by atoms with Crippen molar-refractivity contribution in [3.8, 4) is 0 Å². The quantitative estimate of drug-likeness (QED) is 0.848. The number of thioether (sulfide) groups is 1. The zero-order valence-corrected chi connectivity index (χ0v) is 13.4. The van der Waals surface area contributed by atoms with Gasteiger partial charge in [-0.2, -0.15) is 11.8 Å². The van der Waals surface area contributed by atoms with E-state index < -0.39 is 5.82 Å². The molecule has 116 valence electrons. The van der Waals surface area contributed by atoms with Gasteiger partial charge in [-0.15, -0.1) is 0 Å². The van der Waals surface area contributed by atoms with Crippen molar-refractivity contribution < 1.29 is 9.18 Å². The Labute approximate surface area is 129 Å². The van der Waals surface area contributed by atoms with E-state index in [1.165, 1.54) is 12.5 Å². The Hall–Kier alpha value is -1.30. The molecular formula is C15H22FN3OS. The third kappa shape index (κ3) is 4.33. The van der Waals surface area contributed by atoms with Crippen LogP contribution in [0.15, 0.2) is 12.3 Å². The molecule has 0 bridgehead atoms. The van der Waals surface area contributed by atoms with E-state index in [1.54, 1.807) is 0 Å². The third-order valence-electron chi connectivity index (χ3n) is 3.56. The monoisotopic (exact) mass is 311 g/mol. The molecule has 0 aromatic carbocycles. The van der Waals surface area contributed by atoms with Gasteiger partial charge in [0.15, 0.2) is 0 Å². The van der Waals surface area contributed by atoms with E-state index in [4.69, 9.17) is 0 Å². The van der Waals surface area contributed by atoms with Crippen molar-refractivity contribution in [3.63, 3.8) is 0 Å². The zero-order valence-electron chi connectivity index (χ0n) is 12.5. The van der Waals surface area contributed by atoms with E-state index in [-0.39, 0.29) is 16.2 Å². The van der Waals surface area contributed by atoms with Crippen LogP contribution < -0.4 is 10.6 Å². The Bertz CT molecular complexity index is 504. The van der Waals surface area contributed by atoms with E-state index in [9.17, 15) is 9.18 Å². The van der Waals surface area contributed by atoms with Crippen molar-refractivity contribution in [3.05, 3.63) is 23.6 Å². The average Bonchev–Trinajstić information content (AvgIpc) is 2.91. The normalized spacial score (nSPS) is 21.3. The van der Waals surface area contributed by atoms with E-state index in [1.807, 2.05) is 18.7 Å². The zero-order chi connectivity index (χ0) is 15.3. The summed E-state index contributed by atoms with van der Waals surface area (Å²) >= 11 is 1.88. The lowest BCUT2D eigenvalue weighted by atomic mass is 10.1. The van der Waals surface area contributed by atoms with Crippen LogP contribution in [0.1, 0.15) is 43.5 Å². The molecule has 0 saturated carbocycles. The molecule has 1 aliphatic rings. The molecule has 1 amide bonds. The third-order valence-corrected chi connectivity index (χ3v) is 5.10. The first-order valence-corrected chi connectivity index (χ1v) is 8.34. The molecule has 21 heavy (non-hydrogen) atoms. The van der Waals surface area contributed by atoms with Gasteiger partial charge in [0.25, 0.3) is 5.91 Å². The molecule has 2 heterocycles. The Morgan fingerprint density at radius 2 is 2.38 bits per heavy atom. The van der Waals surface area contributed by atoms with Crippen molar-refractivity contribution in [1.82, 2.24) is 10.3 Å². The van der Waals surface area contributed by atoms with Crippen LogP contribution in [0.2, 0.25) is 0 Å². The summed E-state index contributed by atoms with van der Waals surface area (Å²) in [5.41, 5.74) is 0.273. The first kappa shape index (κ1) is 16.1.